The van der Waals surface area contributed by atoms with Crippen molar-refractivity contribution in [1.29, 1.82) is 0 Å². The van der Waals surface area contributed by atoms with Crippen LogP contribution in [0.4, 0.5) is 5.69 Å². The van der Waals surface area contributed by atoms with Crippen LogP contribution in [0.1, 0.15) is 31.0 Å². The van der Waals surface area contributed by atoms with E-state index in [4.69, 9.17) is 9.47 Å². The maximum absolute atomic E-state index is 12.9. The highest BCUT2D eigenvalue weighted by molar-refractivity contribution is 7.92. The van der Waals surface area contributed by atoms with Crippen molar-refractivity contribution in [3.05, 3.63) is 53.6 Å². The van der Waals surface area contributed by atoms with Crippen LogP contribution in [0.5, 0.6) is 11.5 Å². The molecule has 0 bridgehead atoms. The number of nitrogens with zero attached hydrogens (tertiary/aromatic N) is 1. The number of methoxy groups -OCH3 is 2. The van der Waals surface area contributed by atoms with Crippen molar-refractivity contribution in [2.75, 3.05) is 24.8 Å². The molecular formula is C21H28N2O5S. The molecule has 2 rings (SSSR count). The number of nitrogens with one attached hydrogen (secondary N) is 1. The summed E-state index contributed by atoms with van der Waals surface area (Å²) >= 11 is 0. The molecule has 0 aliphatic heterocycles. The predicted octanol–water partition coefficient (Wildman–Crippen LogP) is 3.04. The normalized spacial score (nSPS) is 13.3. The molecule has 2 atom stereocenters. The minimum Gasteiger partial charge on any atom is -0.493 e. The predicted molar refractivity (Wildman–Crippen MR) is 114 cm³/mol. The van der Waals surface area contributed by atoms with E-state index in [0.29, 0.717) is 17.2 Å². The fourth-order valence-electron chi connectivity index (χ4n) is 3.04. The Bertz CT molecular complexity index is 958. The van der Waals surface area contributed by atoms with Crippen LogP contribution < -0.4 is 19.1 Å². The molecule has 0 heterocycles. The minimum absolute atomic E-state index is 0.266. The van der Waals surface area contributed by atoms with Crippen molar-refractivity contribution in [2.45, 2.75) is 32.9 Å². The average molecular weight is 421 g/mol. The highest BCUT2D eigenvalue weighted by Crippen LogP contribution is 2.33. The van der Waals surface area contributed by atoms with Gasteiger partial charge in [0, 0.05) is 6.07 Å². The Labute approximate surface area is 172 Å². The second-order valence-electron chi connectivity index (χ2n) is 6.92. The van der Waals surface area contributed by atoms with Gasteiger partial charge < -0.3 is 14.8 Å². The van der Waals surface area contributed by atoms with E-state index in [1.165, 1.54) is 20.3 Å². The van der Waals surface area contributed by atoms with Gasteiger partial charge >= 0.3 is 0 Å². The van der Waals surface area contributed by atoms with Crippen LogP contribution in [0, 0.1) is 6.92 Å². The van der Waals surface area contributed by atoms with Gasteiger partial charge in [-0.1, -0.05) is 29.8 Å². The summed E-state index contributed by atoms with van der Waals surface area (Å²) in [6, 6.07) is 11.3. The Morgan fingerprint density at radius 1 is 1.00 bits per heavy atom. The van der Waals surface area contributed by atoms with E-state index < -0.39 is 22.0 Å². The van der Waals surface area contributed by atoms with Crippen LogP contribution in [0.2, 0.25) is 0 Å². The SMILES string of the molecule is COc1ccc(N(C(C)C(=O)NC(C)c2ccc(C)cc2)S(C)(=O)=O)cc1OC. The molecule has 29 heavy (non-hydrogen) atoms. The van der Waals surface area contributed by atoms with E-state index >= 15 is 0 Å². The number of hydrogen-bond donors (Lipinski definition) is 1. The second kappa shape index (κ2) is 9.17. The second-order valence-corrected chi connectivity index (χ2v) is 8.77. The fourth-order valence-corrected chi connectivity index (χ4v) is 4.21. The maximum atomic E-state index is 12.9. The lowest BCUT2D eigenvalue weighted by Crippen LogP contribution is -2.48. The van der Waals surface area contributed by atoms with Gasteiger partial charge in [-0.25, -0.2) is 8.42 Å². The number of sulfonamides is 1. The van der Waals surface area contributed by atoms with E-state index in [-0.39, 0.29) is 6.04 Å². The zero-order valence-electron chi connectivity index (χ0n) is 17.6. The van der Waals surface area contributed by atoms with Crippen LogP contribution in [0.3, 0.4) is 0 Å². The number of hydrogen-bond acceptors (Lipinski definition) is 5. The van der Waals surface area contributed by atoms with Crippen molar-refractivity contribution in [1.82, 2.24) is 5.32 Å². The van der Waals surface area contributed by atoms with Crippen molar-refractivity contribution in [3.8, 4) is 11.5 Å². The number of benzene rings is 2. The van der Waals surface area contributed by atoms with Gasteiger partial charge in [0.05, 0.1) is 32.2 Å². The van der Waals surface area contributed by atoms with Crippen LogP contribution in [-0.4, -0.2) is 40.8 Å². The highest BCUT2D eigenvalue weighted by Gasteiger charge is 2.30. The lowest BCUT2D eigenvalue weighted by molar-refractivity contribution is -0.122. The molecule has 2 unspecified atom stereocenters. The zero-order chi connectivity index (χ0) is 21.8. The van der Waals surface area contributed by atoms with Crippen molar-refractivity contribution in [2.24, 2.45) is 0 Å². The van der Waals surface area contributed by atoms with E-state index in [1.54, 1.807) is 19.1 Å². The van der Waals surface area contributed by atoms with Gasteiger partial charge in [-0.15, -0.1) is 0 Å². The third-order valence-electron chi connectivity index (χ3n) is 4.65. The lowest BCUT2D eigenvalue weighted by atomic mass is 10.1. The molecule has 2 aromatic carbocycles. The maximum Gasteiger partial charge on any atom is 0.244 e. The number of carbonyl (C=O) groups is 1. The molecule has 8 heteroatoms. The number of anilines is 1. The summed E-state index contributed by atoms with van der Waals surface area (Å²) < 4.78 is 36.5. The Balaban J connectivity index is 2.30. The van der Waals surface area contributed by atoms with E-state index in [1.807, 2.05) is 38.1 Å². The number of amides is 1. The topological polar surface area (TPSA) is 84.9 Å². The van der Waals surface area contributed by atoms with Crippen LogP contribution >= 0.6 is 0 Å². The molecule has 0 radical (unpaired) electrons. The molecule has 0 saturated carbocycles. The van der Waals surface area contributed by atoms with E-state index in [2.05, 4.69) is 5.32 Å². The van der Waals surface area contributed by atoms with Gasteiger partial charge in [0.15, 0.2) is 11.5 Å². The Morgan fingerprint density at radius 2 is 1.59 bits per heavy atom. The summed E-state index contributed by atoms with van der Waals surface area (Å²) in [6.45, 7) is 5.40. The van der Waals surface area contributed by atoms with Crippen molar-refractivity contribution >= 4 is 21.6 Å². The Hall–Kier alpha value is -2.74. The Kier molecular flexibility index (Phi) is 7.13. The number of rotatable bonds is 8. The molecule has 0 saturated heterocycles. The monoisotopic (exact) mass is 420 g/mol. The van der Waals surface area contributed by atoms with E-state index in [9.17, 15) is 13.2 Å². The fraction of sp³-hybridized carbons (Fsp3) is 0.381. The van der Waals surface area contributed by atoms with Crippen molar-refractivity contribution < 1.29 is 22.7 Å². The smallest absolute Gasteiger partial charge is 0.244 e. The number of ether oxygens (including phenoxy) is 2. The Morgan fingerprint density at radius 3 is 2.10 bits per heavy atom. The first-order chi connectivity index (χ1) is 13.6. The molecule has 0 aliphatic carbocycles. The third kappa shape index (κ3) is 5.41. The van der Waals surface area contributed by atoms with Gasteiger partial charge in [-0.3, -0.25) is 9.10 Å². The molecule has 7 nitrogen and oxygen atoms in total. The van der Waals surface area contributed by atoms with Gasteiger partial charge in [-0.2, -0.15) is 0 Å². The summed E-state index contributed by atoms with van der Waals surface area (Å²) in [5.74, 6) is 0.437. The average Bonchev–Trinajstić information content (AvgIpc) is 2.67. The van der Waals surface area contributed by atoms with Crippen LogP contribution in [-0.2, 0) is 14.8 Å². The lowest BCUT2D eigenvalue weighted by Gasteiger charge is -2.29. The third-order valence-corrected chi connectivity index (χ3v) is 5.89. The first-order valence-corrected chi connectivity index (χ1v) is 11.0. The van der Waals surface area contributed by atoms with E-state index in [0.717, 1.165) is 21.7 Å². The molecule has 158 valence electrons. The number of carbonyl (C=O) groups excluding carboxylic acids is 1. The minimum atomic E-state index is -3.74. The van der Waals surface area contributed by atoms with Crippen LogP contribution in [0.15, 0.2) is 42.5 Å². The molecule has 0 spiro atoms. The standard InChI is InChI=1S/C21H28N2O5S/c1-14-7-9-17(10-8-14)15(2)22-21(24)16(3)23(29(6,25)26)18-11-12-19(27-4)20(13-18)28-5/h7-13,15-16H,1-6H3,(H,22,24). The first kappa shape index (κ1) is 22.5. The quantitative estimate of drug-likeness (QED) is 0.710. The molecule has 0 fully saturated rings. The first-order valence-electron chi connectivity index (χ1n) is 9.16. The number of aryl methyl sites for hydroxylation is 1. The molecule has 0 aromatic heterocycles. The molecular weight excluding hydrogens is 392 g/mol. The molecule has 1 amide bonds. The van der Waals surface area contributed by atoms with Gasteiger partial charge in [-0.05, 0) is 38.5 Å². The largest absolute Gasteiger partial charge is 0.493 e. The summed E-state index contributed by atoms with van der Waals surface area (Å²) in [5.41, 5.74) is 2.38. The van der Waals surface area contributed by atoms with Crippen LogP contribution in [0.25, 0.3) is 0 Å². The summed E-state index contributed by atoms with van der Waals surface area (Å²) in [4.78, 5) is 12.9. The highest BCUT2D eigenvalue weighted by atomic mass is 32.2. The molecule has 0 aliphatic rings. The summed E-state index contributed by atoms with van der Waals surface area (Å²) in [6.07, 6.45) is 1.07. The molecule has 2 aromatic rings. The zero-order valence-corrected chi connectivity index (χ0v) is 18.4. The van der Waals surface area contributed by atoms with Gasteiger partial charge in [0.25, 0.3) is 0 Å². The summed E-state index contributed by atoms with van der Waals surface area (Å²) in [5, 5.41) is 2.89. The van der Waals surface area contributed by atoms with Crippen molar-refractivity contribution in [3.63, 3.8) is 0 Å². The van der Waals surface area contributed by atoms with Gasteiger partial charge in [0.2, 0.25) is 15.9 Å². The summed E-state index contributed by atoms with van der Waals surface area (Å²) in [7, 11) is -0.778. The van der Waals surface area contributed by atoms with Gasteiger partial charge in [0.1, 0.15) is 6.04 Å². The molecule has 1 N–H and O–H groups in total.